The lowest BCUT2D eigenvalue weighted by Crippen LogP contribution is -2.45. The molecule has 0 aliphatic carbocycles. The lowest BCUT2D eigenvalue weighted by atomic mass is 10.2. The largest absolute Gasteiger partial charge is 0.444 e. The van der Waals surface area contributed by atoms with Gasteiger partial charge < -0.3 is 15.4 Å². The Hall–Kier alpha value is -0.840. The summed E-state index contributed by atoms with van der Waals surface area (Å²) in [5.74, 6) is 0. The van der Waals surface area contributed by atoms with Crippen LogP contribution in [0.1, 0.15) is 27.7 Å². The Labute approximate surface area is 90.6 Å². The quantitative estimate of drug-likeness (QED) is 0.785. The van der Waals surface area contributed by atoms with Crippen molar-refractivity contribution < 1.29 is 13.9 Å². The van der Waals surface area contributed by atoms with E-state index in [1.165, 1.54) is 11.9 Å². The number of hydrogen-bond acceptors (Lipinski definition) is 3. The van der Waals surface area contributed by atoms with Gasteiger partial charge in [0.2, 0.25) is 0 Å². The smallest absolute Gasteiger partial charge is 0.410 e. The highest BCUT2D eigenvalue weighted by atomic mass is 19.1. The van der Waals surface area contributed by atoms with Gasteiger partial charge in [0, 0.05) is 13.6 Å². The number of carbonyl (C=O) groups is 1. The third-order valence-electron chi connectivity index (χ3n) is 2.04. The first-order chi connectivity index (χ1) is 6.69. The summed E-state index contributed by atoms with van der Waals surface area (Å²) >= 11 is 0. The first-order valence-corrected chi connectivity index (χ1v) is 4.99. The molecule has 2 N–H and O–H groups in total. The minimum Gasteiger partial charge on any atom is -0.444 e. The van der Waals surface area contributed by atoms with E-state index in [0.29, 0.717) is 0 Å². The molecule has 0 aromatic carbocycles. The maximum atomic E-state index is 13.2. The zero-order chi connectivity index (χ0) is 12.2. The van der Waals surface area contributed by atoms with Crippen LogP contribution in [0, 0.1) is 0 Å². The highest BCUT2D eigenvalue weighted by Crippen LogP contribution is 2.12. The van der Waals surface area contributed by atoms with Crippen LogP contribution in [0.2, 0.25) is 0 Å². The summed E-state index contributed by atoms with van der Waals surface area (Å²) in [6.45, 7) is 6.79. The molecule has 1 amide bonds. The van der Waals surface area contributed by atoms with Gasteiger partial charge in [0.25, 0.3) is 0 Å². The molecule has 2 atom stereocenters. The topological polar surface area (TPSA) is 55.6 Å². The van der Waals surface area contributed by atoms with E-state index >= 15 is 0 Å². The number of hydrogen-bond donors (Lipinski definition) is 1. The lowest BCUT2D eigenvalue weighted by molar-refractivity contribution is 0.0162. The van der Waals surface area contributed by atoms with Crippen LogP contribution in [0.4, 0.5) is 9.18 Å². The first-order valence-electron chi connectivity index (χ1n) is 4.99. The molecule has 0 aromatic rings. The molecule has 0 radical (unpaired) electrons. The van der Waals surface area contributed by atoms with Crippen molar-refractivity contribution in [1.82, 2.24) is 4.90 Å². The average Bonchev–Trinajstić information content (AvgIpc) is 2.11. The second kappa shape index (κ2) is 5.30. The zero-order valence-corrected chi connectivity index (χ0v) is 10.1. The molecule has 15 heavy (non-hydrogen) atoms. The van der Waals surface area contributed by atoms with Gasteiger partial charge in [0.1, 0.15) is 11.8 Å². The number of nitrogens with two attached hydrogens (primary N) is 1. The van der Waals surface area contributed by atoms with Crippen LogP contribution >= 0.6 is 0 Å². The highest BCUT2D eigenvalue weighted by Gasteiger charge is 2.27. The molecule has 2 unspecified atom stereocenters. The van der Waals surface area contributed by atoms with Crippen molar-refractivity contribution >= 4 is 6.09 Å². The van der Waals surface area contributed by atoms with E-state index in [-0.39, 0.29) is 6.54 Å². The Morgan fingerprint density at radius 3 is 2.33 bits per heavy atom. The molecule has 0 saturated carbocycles. The van der Waals surface area contributed by atoms with E-state index in [2.05, 4.69) is 0 Å². The molecule has 0 aliphatic rings. The maximum absolute atomic E-state index is 13.2. The van der Waals surface area contributed by atoms with Crippen molar-refractivity contribution in [2.24, 2.45) is 5.73 Å². The Morgan fingerprint density at radius 1 is 1.53 bits per heavy atom. The third-order valence-corrected chi connectivity index (χ3v) is 2.04. The summed E-state index contributed by atoms with van der Waals surface area (Å²) in [4.78, 5) is 12.7. The third kappa shape index (κ3) is 4.97. The summed E-state index contributed by atoms with van der Waals surface area (Å²) in [6.07, 6.45) is -1.77. The fraction of sp³-hybridized carbons (Fsp3) is 0.900. The number of carbonyl (C=O) groups excluding carboxylic acids is 1. The number of rotatable bonds is 3. The summed E-state index contributed by atoms with van der Waals surface area (Å²) in [6, 6.07) is -0.579. The van der Waals surface area contributed by atoms with Crippen LogP contribution < -0.4 is 5.73 Å². The van der Waals surface area contributed by atoms with Gasteiger partial charge in [0.05, 0.1) is 6.04 Å². The second-order valence-electron chi connectivity index (χ2n) is 4.58. The van der Waals surface area contributed by atoms with Gasteiger partial charge in [-0.05, 0) is 27.7 Å². The predicted octanol–water partition coefficient (Wildman–Crippen LogP) is 1.54. The molecular weight excluding hydrogens is 199 g/mol. The number of alkyl halides is 1. The van der Waals surface area contributed by atoms with Crippen molar-refractivity contribution in [2.45, 2.75) is 45.5 Å². The van der Waals surface area contributed by atoms with Gasteiger partial charge in [-0.15, -0.1) is 0 Å². The monoisotopic (exact) mass is 220 g/mol. The number of ether oxygens (including phenoxy) is 1. The Kier molecular flexibility index (Phi) is 5.00. The molecule has 0 saturated heterocycles. The van der Waals surface area contributed by atoms with Crippen LogP contribution in [0.5, 0.6) is 0 Å². The van der Waals surface area contributed by atoms with Crippen LogP contribution in [0.3, 0.4) is 0 Å². The zero-order valence-electron chi connectivity index (χ0n) is 10.1. The van der Waals surface area contributed by atoms with Crippen molar-refractivity contribution in [3.8, 4) is 0 Å². The first kappa shape index (κ1) is 14.2. The normalized spacial score (nSPS) is 15.7. The SMILES string of the molecule is CC(C(F)CN)N(C)C(=O)OC(C)(C)C. The molecule has 0 rings (SSSR count). The molecule has 4 nitrogen and oxygen atoms in total. The van der Waals surface area contributed by atoms with Gasteiger partial charge in [-0.2, -0.15) is 0 Å². The lowest BCUT2D eigenvalue weighted by Gasteiger charge is -2.29. The Morgan fingerprint density at radius 2 is 2.00 bits per heavy atom. The molecule has 0 fully saturated rings. The summed E-state index contributed by atoms with van der Waals surface area (Å²) in [5.41, 5.74) is 4.61. The molecule has 0 aliphatic heterocycles. The average molecular weight is 220 g/mol. The summed E-state index contributed by atoms with van der Waals surface area (Å²) < 4.78 is 18.3. The number of amides is 1. The van der Waals surface area contributed by atoms with E-state index in [4.69, 9.17) is 10.5 Å². The molecule has 5 heteroatoms. The van der Waals surface area contributed by atoms with Crippen LogP contribution in [0.25, 0.3) is 0 Å². The Bertz CT molecular complexity index is 216. The highest BCUT2D eigenvalue weighted by molar-refractivity contribution is 5.68. The van der Waals surface area contributed by atoms with Gasteiger partial charge in [-0.1, -0.05) is 0 Å². The van der Waals surface area contributed by atoms with E-state index in [9.17, 15) is 9.18 Å². The summed E-state index contributed by atoms with van der Waals surface area (Å²) in [5, 5.41) is 0. The van der Waals surface area contributed by atoms with Gasteiger partial charge in [0.15, 0.2) is 0 Å². The molecule has 0 aromatic heterocycles. The van der Waals surface area contributed by atoms with E-state index in [0.717, 1.165) is 0 Å². The second-order valence-corrected chi connectivity index (χ2v) is 4.58. The standard InChI is InChI=1S/C10H21FN2O2/c1-7(8(11)6-12)13(5)9(14)15-10(2,3)4/h7-8H,6,12H2,1-5H3. The minimum atomic E-state index is -1.23. The molecule has 0 heterocycles. The molecule has 90 valence electrons. The van der Waals surface area contributed by atoms with Crippen molar-refractivity contribution in [1.29, 1.82) is 0 Å². The number of halogens is 1. The molecular formula is C10H21FN2O2. The van der Waals surface area contributed by atoms with Crippen molar-refractivity contribution in [3.63, 3.8) is 0 Å². The van der Waals surface area contributed by atoms with Crippen LogP contribution in [-0.4, -0.2) is 42.4 Å². The summed E-state index contributed by atoms with van der Waals surface area (Å²) in [7, 11) is 1.50. The van der Waals surface area contributed by atoms with E-state index < -0.39 is 23.9 Å². The molecule has 0 bridgehead atoms. The fourth-order valence-corrected chi connectivity index (χ4v) is 0.940. The van der Waals surface area contributed by atoms with E-state index in [1.54, 1.807) is 27.7 Å². The van der Waals surface area contributed by atoms with Crippen molar-refractivity contribution in [2.75, 3.05) is 13.6 Å². The predicted molar refractivity (Wildman–Crippen MR) is 57.4 cm³/mol. The van der Waals surface area contributed by atoms with Crippen molar-refractivity contribution in [3.05, 3.63) is 0 Å². The maximum Gasteiger partial charge on any atom is 0.410 e. The van der Waals surface area contributed by atoms with Gasteiger partial charge in [-0.3, -0.25) is 0 Å². The van der Waals surface area contributed by atoms with Crippen LogP contribution in [-0.2, 0) is 4.74 Å². The van der Waals surface area contributed by atoms with Crippen LogP contribution in [0.15, 0.2) is 0 Å². The van der Waals surface area contributed by atoms with Gasteiger partial charge >= 0.3 is 6.09 Å². The minimum absolute atomic E-state index is 0.103. The van der Waals surface area contributed by atoms with E-state index in [1.807, 2.05) is 0 Å². The van der Waals surface area contributed by atoms with Gasteiger partial charge in [-0.25, -0.2) is 9.18 Å². The molecule has 0 spiro atoms. The number of nitrogens with zero attached hydrogens (tertiary/aromatic N) is 1. The fourth-order valence-electron chi connectivity index (χ4n) is 0.940. The Balaban J connectivity index is 4.32.